The fourth-order valence-electron chi connectivity index (χ4n) is 2.04. The standard InChI is InChI=1S/C13H17NO.C2H6/c1-3-4-7-14-9-11-8-10(2)5-6-12(11)13(14)15;1-2/h5-6,8H,3-4,7,9H2,1-2H3;1-2H3. The number of rotatable bonds is 3. The maximum atomic E-state index is 11.9. The molecule has 0 saturated carbocycles. The summed E-state index contributed by atoms with van der Waals surface area (Å²) in [6.07, 6.45) is 2.23. The van der Waals surface area contributed by atoms with Gasteiger partial charge < -0.3 is 4.90 Å². The van der Waals surface area contributed by atoms with Gasteiger partial charge >= 0.3 is 0 Å². The monoisotopic (exact) mass is 233 g/mol. The summed E-state index contributed by atoms with van der Waals surface area (Å²) in [7, 11) is 0. The van der Waals surface area contributed by atoms with Crippen molar-refractivity contribution in [2.75, 3.05) is 6.54 Å². The predicted octanol–water partition coefficient (Wildman–Crippen LogP) is 3.78. The summed E-state index contributed by atoms with van der Waals surface area (Å²) in [6, 6.07) is 6.10. The van der Waals surface area contributed by atoms with Gasteiger partial charge in [0, 0.05) is 18.7 Å². The van der Waals surface area contributed by atoms with E-state index in [9.17, 15) is 4.79 Å². The molecule has 1 amide bonds. The minimum atomic E-state index is 0.207. The second-order valence-corrected chi connectivity index (χ2v) is 4.24. The van der Waals surface area contributed by atoms with Crippen LogP contribution in [0.5, 0.6) is 0 Å². The molecule has 1 heterocycles. The Bertz CT molecular complexity index is 385. The van der Waals surface area contributed by atoms with Crippen molar-refractivity contribution < 1.29 is 4.79 Å². The van der Waals surface area contributed by atoms with Crippen LogP contribution >= 0.6 is 0 Å². The normalized spacial score (nSPS) is 13.2. The number of amides is 1. The van der Waals surface area contributed by atoms with Gasteiger partial charge in [-0.25, -0.2) is 0 Å². The molecule has 0 radical (unpaired) electrons. The van der Waals surface area contributed by atoms with Crippen LogP contribution in [-0.4, -0.2) is 17.4 Å². The van der Waals surface area contributed by atoms with Crippen LogP contribution in [0.3, 0.4) is 0 Å². The highest BCUT2D eigenvalue weighted by molar-refractivity contribution is 5.98. The van der Waals surface area contributed by atoms with Crippen molar-refractivity contribution in [1.29, 1.82) is 0 Å². The second-order valence-electron chi connectivity index (χ2n) is 4.24. The molecular formula is C15H23NO. The molecule has 2 rings (SSSR count). The fourth-order valence-corrected chi connectivity index (χ4v) is 2.04. The molecule has 0 bridgehead atoms. The van der Waals surface area contributed by atoms with Gasteiger partial charge in [-0.05, 0) is 25.0 Å². The van der Waals surface area contributed by atoms with Crippen molar-refractivity contribution in [2.24, 2.45) is 0 Å². The number of benzene rings is 1. The number of aryl methyl sites for hydroxylation is 1. The number of fused-ring (bicyclic) bond motifs is 1. The third-order valence-electron chi connectivity index (χ3n) is 2.92. The molecule has 0 saturated heterocycles. The Balaban J connectivity index is 0.000000686. The number of hydrogen-bond donors (Lipinski definition) is 0. The summed E-state index contributed by atoms with van der Waals surface area (Å²) in [6.45, 7) is 9.91. The van der Waals surface area contributed by atoms with Crippen molar-refractivity contribution in [2.45, 2.75) is 47.1 Å². The van der Waals surface area contributed by atoms with E-state index in [4.69, 9.17) is 0 Å². The van der Waals surface area contributed by atoms with Crippen LogP contribution in [0.4, 0.5) is 0 Å². The van der Waals surface area contributed by atoms with Crippen LogP contribution in [0.1, 0.15) is 55.1 Å². The van der Waals surface area contributed by atoms with E-state index in [0.29, 0.717) is 0 Å². The summed E-state index contributed by atoms with van der Waals surface area (Å²) in [4.78, 5) is 13.9. The fraction of sp³-hybridized carbons (Fsp3) is 0.533. The summed E-state index contributed by atoms with van der Waals surface area (Å²) in [5.74, 6) is 0.207. The lowest BCUT2D eigenvalue weighted by molar-refractivity contribution is 0.0776. The molecule has 2 heteroatoms. The quantitative estimate of drug-likeness (QED) is 0.778. The van der Waals surface area contributed by atoms with Gasteiger partial charge in [0.05, 0.1) is 0 Å². The van der Waals surface area contributed by atoms with E-state index in [0.717, 1.165) is 31.5 Å². The smallest absolute Gasteiger partial charge is 0.254 e. The van der Waals surface area contributed by atoms with Crippen LogP contribution < -0.4 is 0 Å². The van der Waals surface area contributed by atoms with Crippen molar-refractivity contribution >= 4 is 5.91 Å². The third-order valence-corrected chi connectivity index (χ3v) is 2.92. The maximum Gasteiger partial charge on any atom is 0.254 e. The molecule has 1 aromatic carbocycles. The average Bonchev–Trinajstić information content (AvgIpc) is 2.65. The van der Waals surface area contributed by atoms with Crippen molar-refractivity contribution in [3.8, 4) is 0 Å². The van der Waals surface area contributed by atoms with Crippen molar-refractivity contribution in [1.82, 2.24) is 4.90 Å². The van der Waals surface area contributed by atoms with Gasteiger partial charge in [0.15, 0.2) is 0 Å². The van der Waals surface area contributed by atoms with E-state index in [1.165, 1.54) is 11.1 Å². The topological polar surface area (TPSA) is 20.3 Å². The Morgan fingerprint density at radius 2 is 2.00 bits per heavy atom. The first kappa shape index (κ1) is 13.8. The van der Waals surface area contributed by atoms with Gasteiger partial charge in [-0.2, -0.15) is 0 Å². The molecule has 0 atom stereocenters. The lowest BCUT2D eigenvalue weighted by atomic mass is 10.1. The molecule has 0 aliphatic carbocycles. The van der Waals surface area contributed by atoms with Crippen molar-refractivity contribution in [3.05, 3.63) is 34.9 Å². The first-order valence-electron chi connectivity index (χ1n) is 6.61. The molecule has 0 N–H and O–H groups in total. The second kappa shape index (κ2) is 6.43. The zero-order chi connectivity index (χ0) is 12.8. The molecule has 0 spiro atoms. The average molecular weight is 233 g/mol. The molecule has 94 valence electrons. The molecule has 17 heavy (non-hydrogen) atoms. The SMILES string of the molecule is CC.CCCCN1Cc2cc(C)ccc2C1=O. The van der Waals surface area contributed by atoms with E-state index in [1.54, 1.807) is 0 Å². The van der Waals surface area contributed by atoms with E-state index < -0.39 is 0 Å². The van der Waals surface area contributed by atoms with Gasteiger partial charge in [-0.15, -0.1) is 0 Å². The number of unbranched alkanes of at least 4 members (excludes halogenated alkanes) is 1. The Morgan fingerprint density at radius 1 is 1.29 bits per heavy atom. The van der Waals surface area contributed by atoms with Gasteiger partial charge in [-0.3, -0.25) is 4.79 Å². The molecule has 1 aliphatic rings. The summed E-state index contributed by atoms with van der Waals surface area (Å²) >= 11 is 0. The van der Waals surface area contributed by atoms with E-state index in [1.807, 2.05) is 30.9 Å². The third kappa shape index (κ3) is 3.09. The number of hydrogen-bond acceptors (Lipinski definition) is 1. The summed E-state index contributed by atoms with van der Waals surface area (Å²) in [5.41, 5.74) is 3.33. The van der Waals surface area contributed by atoms with E-state index in [-0.39, 0.29) is 5.91 Å². The summed E-state index contributed by atoms with van der Waals surface area (Å²) < 4.78 is 0. The summed E-state index contributed by atoms with van der Waals surface area (Å²) in [5, 5.41) is 0. The Kier molecular flexibility index (Phi) is 5.20. The molecule has 2 nitrogen and oxygen atoms in total. The number of carbonyl (C=O) groups is 1. The highest BCUT2D eigenvalue weighted by atomic mass is 16.2. The minimum Gasteiger partial charge on any atom is -0.334 e. The van der Waals surface area contributed by atoms with Crippen LogP contribution in [0.2, 0.25) is 0 Å². The first-order valence-corrected chi connectivity index (χ1v) is 6.61. The lowest BCUT2D eigenvalue weighted by Crippen LogP contribution is -2.24. The largest absolute Gasteiger partial charge is 0.334 e. The predicted molar refractivity (Wildman–Crippen MR) is 72.2 cm³/mol. The number of carbonyl (C=O) groups excluding carboxylic acids is 1. The minimum absolute atomic E-state index is 0.207. The first-order chi connectivity index (χ1) is 8.22. The van der Waals surface area contributed by atoms with Crippen LogP contribution in [0, 0.1) is 6.92 Å². The van der Waals surface area contributed by atoms with Crippen LogP contribution in [-0.2, 0) is 6.54 Å². The molecule has 1 aromatic rings. The van der Waals surface area contributed by atoms with E-state index in [2.05, 4.69) is 19.9 Å². The Labute approximate surface area is 105 Å². The van der Waals surface area contributed by atoms with Gasteiger partial charge in [-0.1, -0.05) is 44.9 Å². The van der Waals surface area contributed by atoms with Crippen LogP contribution in [0.15, 0.2) is 18.2 Å². The molecule has 0 aromatic heterocycles. The Morgan fingerprint density at radius 3 is 2.65 bits per heavy atom. The zero-order valence-electron chi connectivity index (χ0n) is 11.4. The maximum absolute atomic E-state index is 11.9. The molecule has 1 aliphatic heterocycles. The van der Waals surface area contributed by atoms with Gasteiger partial charge in [0.2, 0.25) is 0 Å². The highest BCUT2D eigenvalue weighted by Crippen LogP contribution is 2.23. The molecular weight excluding hydrogens is 210 g/mol. The zero-order valence-corrected chi connectivity index (χ0v) is 11.4. The van der Waals surface area contributed by atoms with Gasteiger partial charge in [0.1, 0.15) is 0 Å². The van der Waals surface area contributed by atoms with Crippen molar-refractivity contribution in [3.63, 3.8) is 0 Å². The highest BCUT2D eigenvalue weighted by Gasteiger charge is 2.26. The molecule has 0 fully saturated rings. The lowest BCUT2D eigenvalue weighted by Gasteiger charge is -2.14. The van der Waals surface area contributed by atoms with Crippen LogP contribution in [0.25, 0.3) is 0 Å². The Hall–Kier alpha value is -1.31. The number of nitrogens with zero attached hydrogens (tertiary/aromatic N) is 1. The molecule has 0 unspecified atom stereocenters. The van der Waals surface area contributed by atoms with E-state index >= 15 is 0 Å². The van der Waals surface area contributed by atoms with Gasteiger partial charge in [0.25, 0.3) is 5.91 Å².